The van der Waals surface area contributed by atoms with Crippen LogP contribution in [0.5, 0.6) is 0 Å². The van der Waals surface area contributed by atoms with Gasteiger partial charge in [0.1, 0.15) is 0 Å². The first kappa shape index (κ1) is 15.5. The molecule has 5 heteroatoms. The number of hydrogen-bond acceptors (Lipinski definition) is 4. The molecule has 112 valence electrons. The average molecular weight is 303 g/mol. The van der Waals surface area contributed by atoms with Gasteiger partial charge in [-0.05, 0) is 24.4 Å². The smallest absolute Gasteiger partial charge is 0.253 e. The maximum absolute atomic E-state index is 12.4. The second kappa shape index (κ2) is 6.72. The summed E-state index contributed by atoms with van der Waals surface area (Å²) in [6.45, 7) is 7.62. The number of amides is 1. The zero-order chi connectivity index (χ0) is 15.3. The second-order valence-corrected chi connectivity index (χ2v) is 6.44. The zero-order valence-corrected chi connectivity index (χ0v) is 13.5. The summed E-state index contributed by atoms with van der Waals surface area (Å²) in [5, 5.41) is 8.25. The van der Waals surface area contributed by atoms with E-state index in [1.54, 1.807) is 29.8 Å². The lowest BCUT2D eigenvalue weighted by Crippen LogP contribution is -2.36. The van der Waals surface area contributed by atoms with Crippen LogP contribution in [-0.2, 0) is 5.41 Å². The highest BCUT2D eigenvalue weighted by Gasteiger charge is 2.23. The van der Waals surface area contributed by atoms with E-state index in [9.17, 15) is 4.79 Å². The lowest BCUT2D eigenvalue weighted by Gasteiger charge is -2.24. The van der Waals surface area contributed by atoms with Crippen LogP contribution in [0.15, 0.2) is 36.0 Å². The van der Waals surface area contributed by atoms with E-state index in [-0.39, 0.29) is 11.3 Å². The molecular formula is C16H21N3OS. The minimum Gasteiger partial charge on any atom is -0.383 e. The largest absolute Gasteiger partial charge is 0.383 e. The SMILES string of the molecule is CCNc1cnccc1C(=O)NCC(C)(C)c1cccs1. The minimum absolute atomic E-state index is 0.0713. The number of hydrogen-bond donors (Lipinski definition) is 2. The van der Waals surface area contributed by atoms with Gasteiger partial charge in [-0.3, -0.25) is 9.78 Å². The normalized spacial score (nSPS) is 11.2. The summed E-state index contributed by atoms with van der Waals surface area (Å²) in [6.07, 6.45) is 3.32. The molecule has 0 aromatic carbocycles. The van der Waals surface area contributed by atoms with Gasteiger partial charge in [0.25, 0.3) is 5.91 Å². The molecule has 21 heavy (non-hydrogen) atoms. The van der Waals surface area contributed by atoms with E-state index >= 15 is 0 Å². The van der Waals surface area contributed by atoms with Crippen LogP contribution in [-0.4, -0.2) is 24.0 Å². The van der Waals surface area contributed by atoms with Gasteiger partial charge in [-0.15, -0.1) is 11.3 Å². The Bertz CT molecular complexity index is 593. The molecule has 0 aliphatic heterocycles. The van der Waals surface area contributed by atoms with E-state index in [4.69, 9.17) is 0 Å². The van der Waals surface area contributed by atoms with Gasteiger partial charge in [-0.1, -0.05) is 19.9 Å². The number of carbonyl (C=O) groups excluding carboxylic acids is 1. The van der Waals surface area contributed by atoms with Gasteiger partial charge < -0.3 is 10.6 Å². The minimum atomic E-state index is -0.0742. The molecule has 0 atom stereocenters. The summed E-state index contributed by atoms with van der Waals surface area (Å²) < 4.78 is 0. The second-order valence-electron chi connectivity index (χ2n) is 5.50. The molecule has 2 rings (SSSR count). The Kier molecular flexibility index (Phi) is 4.96. The van der Waals surface area contributed by atoms with Crippen molar-refractivity contribution >= 4 is 22.9 Å². The number of pyridine rings is 1. The lowest BCUT2D eigenvalue weighted by molar-refractivity contribution is 0.0946. The predicted molar refractivity (Wildman–Crippen MR) is 88.1 cm³/mol. The Hall–Kier alpha value is -1.88. The van der Waals surface area contributed by atoms with Crippen molar-refractivity contribution < 1.29 is 4.79 Å². The van der Waals surface area contributed by atoms with Crippen LogP contribution in [0.3, 0.4) is 0 Å². The highest BCUT2D eigenvalue weighted by atomic mass is 32.1. The third-order valence-corrected chi connectivity index (χ3v) is 4.55. The number of thiophene rings is 1. The Morgan fingerprint density at radius 2 is 2.19 bits per heavy atom. The van der Waals surface area contributed by atoms with E-state index in [2.05, 4.69) is 40.9 Å². The molecule has 0 saturated heterocycles. The van der Waals surface area contributed by atoms with Crippen molar-refractivity contribution in [2.75, 3.05) is 18.4 Å². The van der Waals surface area contributed by atoms with Crippen LogP contribution in [0.25, 0.3) is 0 Å². The summed E-state index contributed by atoms with van der Waals surface area (Å²) in [6, 6.07) is 5.88. The molecule has 2 aromatic rings. The van der Waals surface area contributed by atoms with Crippen LogP contribution in [0, 0.1) is 0 Å². The van der Waals surface area contributed by atoms with Crippen LogP contribution < -0.4 is 10.6 Å². The van der Waals surface area contributed by atoms with Crippen LogP contribution >= 0.6 is 11.3 Å². The molecule has 1 amide bonds. The van der Waals surface area contributed by atoms with Gasteiger partial charge in [0.2, 0.25) is 0 Å². The first-order valence-corrected chi connectivity index (χ1v) is 7.92. The van der Waals surface area contributed by atoms with E-state index in [0.717, 1.165) is 12.2 Å². The van der Waals surface area contributed by atoms with E-state index < -0.39 is 0 Å². The number of aromatic nitrogens is 1. The molecule has 0 spiro atoms. The number of nitrogens with zero attached hydrogens (tertiary/aromatic N) is 1. The number of nitrogens with one attached hydrogen (secondary N) is 2. The fourth-order valence-electron chi connectivity index (χ4n) is 2.07. The molecule has 0 saturated carbocycles. The Balaban J connectivity index is 2.05. The third kappa shape index (κ3) is 3.82. The highest BCUT2D eigenvalue weighted by molar-refractivity contribution is 7.10. The Morgan fingerprint density at radius 3 is 2.86 bits per heavy atom. The molecule has 0 bridgehead atoms. The summed E-state index contributed by atoms with van der Waals surface area (Å²) in [7, 11) is 0. The van der Waals surface area contributed by atoms with Crippen molar-refractivity contribution in [2.45, 2.75) is 26.2 Å². The van der Waals surface area contributed by atoms with E-state index in [1.165, 1.54) is 4.88 Å². The monoisotopic (exact) mass is 303 g/mol. The summed E-state index contributed by atoms with van der Waals surface area (Å²) >= 11 is 1.71. The van der Waals surface area contributed by atoms with Crippen molar-refractivity contribution in [3.05, 3.63) is 46.4 Å². The van der Waals surface area contributed by atoms with Gasteiger partial charge in [-0.25, -0.2) is 0 Å². The highest BCUT2D eigenvalue weighted by Crippen LogP contribution is 2.26. The standard InChI is InChI=1S/C16H21N3OS/c1-4-18-13-10-17-8-7-12(13)15(20)19-11-16(2,3)14-6-5-9-21-14/h5-10,18H,4,11H2,1-3H3,(H,19,20). The van der Waals surface area contributed by atoms with Crippen molar-refractivity contribution in [3.8, 4) is 0 Å². The van der Waals surface area contributed by atoms with Gasteiger partial charge in [0.05, 0.1) is 17.4 Å². The van der Waals surface area contributed by atoms with Crippen molar-refractivity contribution in [3.63, 3.8) is 0 Å². The van der Waals surface area contributed by atoms with Crippen LogP contribution in [0.2, 0.25) is 0 Å². The van der Waals surface area contributed by atoms with Gasteiger partial charge in [0, 0.05) is 29.6 Å². The molecule has 0 aliphatic carbocycles. The zero-order valence-electron chi connectivity index (χ0n) is 12.6. The topological polar surface area (TPSA) is 54.0 Å². The van der Waals surface area contributed by atoms with Gasteiger partial charge >= 0.3 is 0 Å². The number of carbonyl (C=O) groups is 1. The fourth-order valence-corrected chi connectivity index (χ4v) is 2.92. The molecule has 2 heterocycles. The molecule has 2 aromatic heterocycles. The maximum atomic E-state index is 12.4. The third-order valence-electron chi connectivity index (χ3n) is 3.31. The van der Waals surface area contributed by atoms with E-state index in [0.29, 0.717) is 12.1 Å². The lowest BCUT2D eigenvalue weighted by atomic mass is 9.91. The average Bonchev–Trinajstić information content (AvgIpc) is 3.01. The van der Waals surface area contributed by atoms with Gasteiger partial charge in [0.15, 0.2) is 0 Å². The van der Waals surface area contributed by atoms with Crippen LogP contribution in [0.4, 0.5) is 5.69 Å². The van der Waals surface area contributed by atoms with Crippen LogP contribution in [0.1, 0.15) is 36.0 Å². The van der Waals surface area contributed by atoms with E-state index in [1.807, 2.05) is 13.0 Å². The van der Waals surface area contributed by atoms with Crippen molar-refractivity contribution in [1.29, 1.82) is 0 Å². The summed E-state index contributed by atoms with van der Waals surface area (Å²) in [5.74, 6) is -0.0713. The van der Waals surface area contributed by atoms with Gasteiger partial charge in [-0.2, -0.15) is 0 Å². The molecule has 2 N–H and O–H groups in total. The summed E-state index contributed by atoms with van der Waals surface area (Å²) in [5.41, 5.74) is 1.33. The Labute approximate surface area is 129 Å². The first-order chi connectivity index (χ1) is 10.0. The molecule has 0 radical (unpaired) electrons. The first-order valence-electron chi connectivity index (χ1n) is 7.04. The molecule has 4 nitrogen and oxygen atoms in total. The number of anilines is 1. The predicted octanol–water partition coefficient (Wildman–Crippen LogP) is 3.28. The number of rotatable bonds is 6. The fraction of sp³-hybridized carbons (Fsp3) is 0.375. The molecule has 0 fully saturated rings. The summed E-state index contributed by atoms with van der Waals surface area (Å²) in [4.78, 5) is 17.7. The molecular weight excluding hydrogens is 282 g/mol. The molecule has 0 unspecified atom stereocenters. The Morgan fingerprint density at radius 1 is 1.38 bits per heavy atom. The molecule has 0 aliphatic rings. The van der Waals surface area contributed by atoms with Crippen molar-refractivity contribution in [2.24, 2.45) is 0 Å². The quantitative estimate of drug-likeness (QED) is 0.861. The van der Waals surface area contributed by atoms with Crippen molar-refractivity contribution in [1.82, 2.24) is 10.3 Å². The maximum Gasteiger partial charge on any atom is 0.253 e.